The Labute approximate surface area is 89.1 Å². The third-order valence-corrected chi connectivity index (χ3v) is 2.84. The molecule has 86 valence electrons. The van der Waals surface area contributed by atoms with Crippen molar-refractivity contribution in [3.8, 4) is 0 Å². The van der Waals surface area contributed by atoms with Crippen LogP contribution in [0.4, 0.5) is 0 Å². The standard InChI is InChI=1S/C9H14O5S/c1-9(2)12-6-4-5-7(8(6)13-9)14-15(3,10)11/h4-8H,1-3H3/t6?,7-,8+/m1/s1. The number of hydrogen-bond acceptors (Lipinski definition) is 5. The zero-order chi connectivity index (χ0) is 11.3. The van der Waals surface area contributed by atoms with Gasteiger partial charge in [-0.15, -0.1) is 0 Å². The first-order valence-electron chi connectivity index (χ1n) is 4.69. The summed E-state index contributed by atoms with van der Waals surface area (Å²) in [6.45, 7) is 3.58. The Kier molecular flexibility index (Phi) is 2.42. The molecule has 0 aromatic heterocycles. The summed E-state index contributed by atoms with van der Waals surface area (Å²) in [6, 6.07) is 0. The van der Waals surface area contributed by atoms with Gasteiger partial charge in [-0.3, -0.25) is 4.18 Å². The van der Waals surface area contributed by atoms with Crippen molar-refractivity contribution in [2.75, 3.05) is 6.26 Å². The van der Waals surface area contributed by atoms with Crippen LogP contribution in [0.25, 0.3) is 0 Å². The largest absolute Gasteiger partial charge is 0.341 e. The maximum Gasteiger partial charge on any atom is 0.265 e. The second-order valence-electron chi connectivity index (χ2n) is 4.21. The number of hydrogen-bond donors (Lipinski definition) is 0. The Bertz CT molecular complexity index is 383. The van der Waals surface area contributed by atoms with E-state index in [1.807, 2.05) is 0 Å². The molecule has 1 heterocycles. The predicted octanol–water partition coefficient (Wildman–Crippen LogP) is 0.421. The van der Waals surface area contributed by atoms with Gasteiger partial charge in [0.05, 0.1) is 6.26 Å². The van der Waals surface area contributed by atoms with Gasteiger partial charge in [0, 0.05) is 0 Å². The van der Waals surface area contributed by atoms with Crippen molar-refractivity contribution in [2.24, 2.45) is 0 Å². The summed E-state index contributed by atoms with van der Waals surface area (Å²) in [5, 5.41) is 0. The minimum Gasteiger partial charge on any atom is -0.341 e. The fraction of sp³-hybridized carbons (Fsp3) is 0.778. The van der Waals surface area contributed by atoms with Crippen molar-refractivity contribution in [1.29, 1.82) is 0 Å². The Morgan fingerprint density at radius 1 is 1.27 bits per heavy atom. The van der Waals surface area contributed by atoms with E-state index in [1.165, 1.54) is 0 Å². The van der Waals surface area contributed by atoms with Crippen LogP contribution in [0, 0.1) is 0 Å². The average Bonchev–Trinajstić information content (AvgIpc) is 2.45. The van der Waals surface area contributed by atoms with Crippen molar-refractivity contribution >= 4 is 10.1 Å². The summed E-state index contributed by atoms with van der Waals surface area (Å²) >= 11 is 0. The molecular weight excluding hydrogens is 220 g/mol. The summed E-state index contributed by atoms with van der Waals surface area (Å²) < 4.78 is 37.9. The van der Waals surface area contributed by atoms with Crippen LogP contribution in [0.1, 0.15) is 13.8 Å². The Morgan fingerprint density at radius 3 is 2.53 bits per heavy atom. The monoisotopic (exact) mass is 234 g/mol. The zero-order valence-corrected chi connectivity index (χ0v) is 9.65. The fourth-order valence-corrected chi connectivity index (χ4v) is 2.41. The molecule has 2 aliphatic rings. The molecule has 0 saturated carbocycles. The molecule has 6 heteroatoms. The smallest absolute Gasteiger partial charge is 0.265 e. The predicted molar refractivity (Wildman–Crippen MR) is 52.7 cm³/mol. The van der Waals surface area contributed by atoms with Crippen LogP contribution in [0.2, 0.25) is 0 Å². The molecule has 1 unspecified atom stereocenters. The molecule has 0 N–H and O–H groups in total. The zero-order valence-electron chi connectivity index (χ0n) is 8.84. The second kappa shape index (κ2) is 3.28. The highest BCUT2D eigenvalue weighted by atomic mass is 32.2. The molecule has 2 rings (SSSR count). The molecule has 5 nitrogen and oxygen atoms in total. The molecule has 1 fully saturated rings. The molecule has 0 amide bonds. The van der Waals surface area contributed by atoms with E-state index in [-0.39, 0.29) is 12.2 Å². The van der Waals surface area contributed by atoms with Crippen molar-refractivity contribution in [3.05, 3.63) is 12.2 Å². The SMILES string of the molecule is CC1(C)OC2C=C[C@@H](OS(C)(=O)=O)[C@H]2O1. The van der Waals surface area contributed by atoms with E-state index in [0.717, 1.165) is 6.26 Å². The first-order valence-corrected chi connectivity index (χ1v) is 6.51. The Hall–Kier alpha value is -0.430. The molecule has 0 radical (unpaired) electrons. The van der Waals surface area contributed by atoms with Gasteiger partial charge in [0.1, 0.15) is 18.3 Å². The van der Waals surface area contributed by atoms with Crippen LogP contribution < -0.4 is 0 Å². The Morgan fingerprint density at radius 2 is 1.93 bits per heavy atom. The molecule has 0 bridgehead atoms. The minimum atomic E-state index is -3.47. The van der Waals surface area contributed by atoms with Crippen molar-refractivity contribution in [3.63, 3.8) is 0 Å². The lowest BCUT2D eigenvalue weighted by atomic mass is 10.2. The van der Waals surface area contributed by atoms with Crippen LogP contribution in [0.3, 0.4) is 0 Å². The highest BCUT2D eigenvalue weighted by Gasteiger charge is 2.47. The maximum atomic E-state index is 11.0. The van der Waals surface area contributed by atoms with E-state index < -0.39 is 22.0 Å². The third kappa shape index (κ3) is 2.39. The van der Waals surface area contributed by atoms with Gasteiger partial charge in [0.2, 0.25) is 0 Å². The summed E-state index contributed by atoms with van der Waals surface area (Å²) in [6.07, 6.45) is 3.30. The van der Waals surface area contributed by atoms with E-state index in [0.29, 0.717) is 0 Å². The first kappa shape index (κ1) is 11.1. The summed E-state index contributed by atoms with van der Waals surface area (Å²) in [5.41, 5.74) is 0. The highest BCUT2D eigenvalue weighted by Crippen LogP contribution is 2.35. The fourth-order valence-electron chi connectivity index (χ4n) is 1.84. The molecule has 0 aromatic rings. The van der Waals surface area contributed by atoms with E-state index in [1.54, 1.807) is 26.0 Å². The highest BCUT2D eigenvalue weighted by molar-refractivity contribution is 7.86. The first-order chi connectivity index (χ1) is 6.77. The lowest BCUT2D eigenvalue weighted by Crippen LogP contribution is -2.32. The van der Waals surface area contributed by atoms with Gasteiger partial charge in [-0.2, -0.15) is 8.42 Å². The van der Waals surface area contributed by atoms with Crippen LogP contribution in [0.5, 0.6) is 0 Å². The normalized spacial score (nSPS) is 38.2. The quantitative estimate of drug-likeness (QED) is 0.512. The van der Waals surface area contributed by atoms with Crippen LogP contribution in [0.15, 0.2) is 12.2 Å². The number of rotatable bonds is 2. The summed E-state index contributed by atoms with van der Waals surface area (Å²) in [4.78, 5) is 0. The lowest BCUT2D eigenvalue weighted by Gasteiger charge is -2.20. The molecule has 0 aromatic carbocycles. The molecule has 3 atom stereocenters. The molecule has 1 aliphatic heterocycles. The minimum absolute atomic E-state index is 0.216. The molecule has 1 saturated heterocycles. The second-order valence-corrected chi connectivity index (χ2v) is 5.82. The van der Waals surface area contributed by atoms with E-state index in [2.05, 4.69) is 0 Å². The van der Waals surface area contributed by atoms with Gasteiger partial charge >= 0.3 is 0 Å². The van der Waals surface area contributed by atoms with Crippen molar-refractivity contribution in [2.45, 2.75) is 37.9 Å². The van der Waals surface area contributed by atoms with Gasteiger partial charge in [0.25, 0.3) is 10.1 Å². The molecule has 1 aliphatic carbocycles. The average molecular weight is 234 g/mol. The number of ether oxygens (including phenoxy) is 2. The van der Waals surface area contributed by atoms with E-state index in [4.69, 9.17) is 13.7 Å². The summed E-state index contributed by atoms with van der Waals surface area (Å²) in [7, 11) is -3.47. The third-order valence-electron chi connectivity index (χ3n) is 2.26. The summed E-state index contributed by atoms with van der Waals surface area (Å²) in [5.74, 6) is -0.681. The molecule has 0 spiro atoms. The maximum absolute atomic E-state index is 11.0. The van der Waals surface area contributed by atoms with E-state index in [9.17, 15) is 8.42 Å². The number of fused-ring (bicyclic) bond motifs is 1. The van der Waals surface area contributed by atoms with Crippen molar-refractivity contribution < 1.29 is 22.1 Å². The van der Waals surface area contributed by atoms with Gasteiger partial charge < -0.3 is 9.47 Å². The van der Waals surface area contributed by atoms with E-state index >= 15 is 0 Å². The lowest BCUT2D eigenvalue weighted by molar-refractivity contribution is -0.150. The molecular formula is C9H14O5S. The molecule has 15 heavy (non-hydrogen) atoms. The van der Waals surface area contributed by atoms with Gasteiger partial charge in [-0.1, -0.05) is 12.2 Å². The van der Waals surface area contributed by atoms with Gasteiger partial charge in [-0.25, -0.2) is 0 Å². The van der Waals surface area contributed by atoms with Gasteiger partial charge in [0.15, 0.2) is 5.79 Å². The topological polar surface area (TPSA) is 61.8 Å². The Balaban J connectivity index is 2.10. The van der Waals surface area contributed by atoms with Crippen LogP contribution in [-0.4, -0.2) is 38.8 Å². The van der Waals surface area contributed by atoms with Crippen LogP contribution >= 0.6 is 0 Å². The van der Waals surface area contributed by atoms with Crippen molar-refractivity contribution in [1.82, 2.24) is 0 Å². The van der Waals surface area contributed by atoms with Gasteiger partial charge in [-0.05, 0) is 13.8 Å². The van der Waals surface area contributed by atoms with Crippen LogP contribution in [-0.2, 0) is 23.8 Å².